The highest BCUT2D eigenvalue weighted by molar-refractivity contribution is 5.69. The molecular formula is C10H17N3O2. The molecule has 0 aliphatic heterocycles. The molecule has 1 aromatic rings. The van der Waals surface area contributed by atoms with Crippen LogP contribution in [0.5, 0.6) is 0 Å². The first-order valence-corrected chi connectivity index (χ1v) is 5.18. The molecule has 0 spiro atoms. The van der Waals surface area contributed by atoms with Gasteiger partial charge in [-0.2, -0.15) is 0 Å². The smallest absolute Gasteiger partial charge is 0.306 e. The number of aryl methyl sites for hydroxylation is 1. The molecule has 0 saturated heterocycles. The number of aliphatic carboxylic acids is 1. The lowest BCUT2D eigenvalue weighted by Gasteiger charge is -2.15. The van der Waals surface area contributed by atoms with E-state index in [0.29, 0.717) is 0 Å². The van der Waals surface area contributed by atoms with Crippen LogP contribution in [-0.2, 0) is 11.3 Å². The number of carboxylic acid groups (broad SMARTS) is 1. The summed E-state index contributed by atoms with van der Waals surface area (Å²) in [6.45, 7) is 4.53. The van der Waals surface area contributed by atoms with Crippen molar-refractivity contribution in [2.45, 2.75) is 33.2 Å². The van der Waals surface area contributed by atoms with E-state index in [1.165, 1.54) is 0 Å². The Hall–Kier alpha value is -1.39. The van der Waals surface area contributed by atoms with Gasteiger partial charge in [-0.1, -0.05) is 19.1 Å². The summed E-state index contributed by atoms with van der Waals surface area (Å²) in [5.74, 6) is -0.796. The first kappa shape index (κ1) is 11.7. The lowest BCUT2D eigenvalue weighted by atomic mass is 9.92. The third-order valence-corrected chi connectivity index (χ3v) is 2.76. The maximum absolute atomic E-state index is 10.7. The Bertz CT molecular complexity index is 298. The molecule has 1 aromatic heterocycles. The number of carboxylic acids is 1. The normalized spacial score (nSPS) is 14.8. The maximum Gasteiger partial charge on any atom is 0.306 e. The fourth-order valence-corrected chi connectivity index (χ4v) is 1.42. The Morgan fingerprint density at radius 2 is 2.27 bits per heavy atom. The highest BCUT2D eigenvalue weighted by Crippen LogP contribution is 2.17. The fourth-order valence-electron chi connectivity index (χ4n) is 1.42. The van der Waals surface area contributed by atoms with E-state index in [0.717, 1.165) is 19.4 Å². The Kier molecular flexibility index (Phi) is 4.27. The van der Waals surface area contributed by atoms with E-state index in [1.807, 2.05) is 13.1 Å². The summed E-state index contributed by atoms with van der Waals surface area (Å²) in [4.78, 5) is 10.7. The number of rotatable bonds is 6. The Balaban J connectivity index is 2.22. The van der Waals surface area contributed by atoms with Gasteiger partial charge in [-0.05, 0) is 18.8 Å². The molecule has 0 saturated carbocycles. The number of hydrogen-bond donors (Lipinski definition) is 1. The van der Waals surface area contributed by atoms with E-state index in [4.69, 9.17) is 5.11 Å². The quantitative estimate of drug-likeness (QED) is 0.772. The molecule has 0 bridgehead atoms. The molecule has 1 rings (SSSR count). The molecule has 0 aliphatic carbocycles. The SMILES string of the molecule is CC(CCCn1ccnn1)C(C)C(=O)O. The number of aromatic nitrogens is 3. The van der Waals surface area contributed by atoms with Crippen molar-refractivity contribution in [2.24, 2.45) is 11.8 Å². The van der Waals surface area contributed by atoms with Crippen molar-refractivity contribution in [3.63, 3.8) is 0 Å². The van der Waals surface area contributed by atoms with Crippen molar-refractivity contribution < 1.29 is 9.90 Å². The molecule has 1 N–H and O–H groups in total. The van der Waals surface area contributed by atoms with E-state index in [9.17, 15) is 4.79 Å². The Morgan fingerprint density at radius 1 is 1.53 bits per heavy atom. The fraction of sp³-hybridized carbons (Fsp3) is 0.700. The molecular weight excluding hydrogens is 194 g/mol. The van der Waals surface area contributed by atoms with Crippen LogP contribution in [0.2, 0.25) is 0 Å². The zero-order valence-electron chi connectivity index (χ0n) is 9.13. The van der Waals surface area contributed by atoms with Gasteiger partial charge in [0, 0.05) is 12.7 Å². The number of nitrogens with zero attached hydrogens (tertiary/aromatic N) is 3. The van der Waals surface area contributed by atoms with Crippen molar-refractivity contribution in [1.29, 1.82) is 0 Å². The predicted octanol–water partition coefficient (Wildman–Crippen LogP) is 1.42. The summed E-state index contributed by atoms with van der Waals surface area (Å²) in [5.41, 5.74) is 0. The van der Waals surface area contributed by atoms with Gasteiger partial charge in [0.25, 0.3) is 0 Å². The van der Waals surface area contributed by atoms with Gasteiger partial charge in [0.05, 0.1) is 12.1 Å². The van der Waals surface area contributed by atoms with Crippen LogP contribution in [0.25, 0.3) is 0 Å². The molecule has 2 atom stereocenters. The number of carbonyl (C=O) groups is 1. The molecule has 2 unspecified atom stereocenters. The minimum Gasteiger partial charge on any atom is -0.481 e. The lowest BCUT2D eigenvalue weighted by molar-refractivity contribution is -0.142. The van der Waals surface area contributed by atoms with Crippen molar-refractivity contribution in [3.05, 3.63) is 12.4 Å². The second-order valence-electron chi connectivity index (χ2n) is 3.91. The average molecular weight is 211 g/mol. The van der Waals surface area contributed by atoms with Gasteiger partial charge >= 0.3 is 5.97 Å². The second-order valence-corrected chi connectivity index (χ2v) is 3.91. The highest BCUT2D eigenvalue weighted by Gasteiger charge is 2.18. The summed E-state index contributed by atoms with van der Waals surface area (Å²) in [5, 5.41) is 16.4. The van der Waals surface area contributed by atoms with Crippen molar-refractivity contribution in [1.82, 2.24) is 15.0 Å². The minimum absolute atomic E-state index is 0.200. The van der Waals surface area contributed by atoms with Gasteiger partial charge in [-0.3, -0.25) is 9.48 Å². The summed E-state index contributed by atoms with van der Waals surface area (Å²) in [6, 6.07) is 0. The zero-order chi connectivity index (χ0) is 11.3. The van der Waals surface area contributed by atoms with Crippen LogP contribution in [0, 0.1) is 11.8 Å². The van der Waals surface area contributed by atoms with Gasteiger partial charge in [-0.15, -0.1) is 5.10 Å². The molecule has 0 fully saturated rings. The van der Waals surface area contributed by atoms with Crippen LogP contribution in [0.1, 0.15) is 26.7 Å². The summed E-state index contributed by atoms with van der Waals surface area (Å²) in [7, 11) is 0. The predicted molar refractivity (Wildman–Crippen MR) is 55.2 cm³/mol. The first-order valence-electron chi connectivity index (χ1n) is 5.18. The number of hydrogen-bond acceptors (Lipinski definition) is 3. The highest BCUT2D eigenvalue weighted by atomic mass is 16.4. The molecule has 15 heavy (non-hydrogen) atoms. The lowest BCUT2D eigenvalue weighted by Crippen LogP contribution is -2.18. The van der Waals surface area contributed by atoms with Crippen LogP contribution in [0.3, 0.4) is 0 Å². The van der Waals surface area contributed by atoms with Crippen molar-refractivity contribution in [3.8, 4) is 0 Å². The maximum atomic E-state index is 10.7. The van der Waals surface area contributed by atoms with Crippen LogP contribution in [0.4, 0.5) is 0 Å². The van der Waals surface area contributed by atoms with Gasteiger partial charge in [0.2, 0.25) is 0 Å². The van der Waals surface area contributed by atoms with Crippen LogP contribution in [0.15, 0.2) is 12.4 Å². The topological polar surface area (TPSA) is 68.0 Å². The van der Waals surface area contributed by atoms with E-state index in [2.05, 4.69) is 10.3 Å². The minimum atomic E-state index is -0.719. The van der Waals surface area contributed by atoms with Gasteiger partial charge in [0.1, 0.15) is 0 Å². The average Bonchev–Trinajstić information content (AvgIpc) is 2.69. The Labute approximate surface area is 89.1 Å². The van der Waals surface area contributed by atoms with Crippen LogP contribution >= 0.6 is 0 Å². The first-order chi connectivity index (χ1) is 7.11. The zero-order valence-corrected chi connectivity index (χ0v) is 9.13. The summed E-state index contributed by atoms with van der Waals surface area (Å²) in [6.07, 6.45) is 5.28. The molecule has 0 amide bonds. The van der Waals surface area contributed by atoms with Gasteiger partial charge < -0.3 is 5.11 Å². The third-order valence-electron chi connectivity index (χ3n) is 2.76. The molecule has 0 aliphatic rings. The monoisotopic (exact) mass is 211 g/mol. The van der Waals surface area contributed by atoms with Gasteiger partial charge in [0.15, 0.2) is 0 Å². The molecule has 5 nitrogen and oxygen atoms in total. The van der Waals surface area contributed by atoms with Crippen LogP contribution < -0.4 is 0 Å². The third kappa shape index (κ3) is 3.69. The van der Waals surface area contributed by atoms with E-state index >= 15 is 0 Å². The summed E-state index contributed by atoms with van der Waals surface area (Å²) >= 11 is 0. The molecule has 5 heteroatoms. The largest absolute Gasteiger partial charge is 0.481 e. The van der Waals surface area contributed by atoms with Crippen molar-refractivity contribution in [2.75, 3.05) is 0 Å². The molecule has 0 radical (unpaired) electrons. The standard InChI is InChI=1S/C10H17N3O2/c1-8(9(2)10(14)15)4-3-6-13-7-5-11-12-13/h5,7-9H,3-4,6H2,1-2H3,(H,14,15). The van der Waals surface area contributed by atoms with Gasteiger partial charge in [-0.25, -0.2) is 0 Å². The second kappa shape index (κ2) is 5.48. The Morgan fingerprint density at radius 3 is 2.80 bits per heavy atom. The van der Waals surface area contributed by atoms with E-state index < -0.39 is 5.97 Å². The molecule has 0 aromatic carbocycles. The molecule has 84 valence electrons. The van der Waals surface area contributed by atoms with E-state index in [1.54, 1.807) is 17.8 Å². The van der Waals surface area contributed by atoms with Crippen LogP contribution in [-0.4, -0.2) is 26.1 Å². The van der Waals surface area contributed by atoms with Crippen molar-refractivity contribution >= 4 is 5.97 Å². The van der Waals surface area contributed by atoms with E-state index in [-0.39, 0.29) is 11.8 Å². The molecule has 1 heterocycles. The summed E-state index contributed by atoms with van der Waals surface area (Å²) < 4.78 is 1.76.